The first-order chi connectivity index (χ1) is 8.66. The summed E-state index contributed by atoms with van der Waals surface area (Å²) in [4.78, 5) is 33.3. The van der Waals surface area contributed by atoms with Crippen molar-refractivity contribution >= 4 is 17.1 Å². The molecule has 8 nitrogen and oxygen atoms in total. The second-order valence-corrected chi connectivity index (χ2v) is 4.41. The normalized spacial score (nSPS) is 16.3. The average Bonchev–Trinajstić information content (AvgIpc) is 2.71. The predicted octanol–water partition coefficient (Wildman–Crippen LogP) is -0.883. The van der Waals surface area contributed by atoms with Gasteiger partial charge in [-0.1, -0.05) is 0 Å². The fraction of sp³-hybridized carbons (Fsp3) is 0.500. The number of nitrogens with zero attached hydrogens (tertiary/aromatic N) is 3. The third-order valence-electron chi connectivity index (χ3n) is 3.16. The Labute approximate surface area is 101 Å². The average molecular weight is 250 g/mol. The number of hydrogen-bond donors (Lipinski definition) is 3. The summed E-state index contributed by atoms with van der Waals surface area (Å²) < 4.78 is 1.14. The molecule has 0 radical (unpaired) electrons. The van der Waals surface area contributed by atoms with Gasteiger partial charge < -0.3 is 15.7 Å². The number of nitrogens with one attached hydrogen (secondary N) is 2. The standard InChI is InChI=1S/C10H14N6O2/c11-9-12-6-7(13-9)14-10(18)16(8(6)17)15-4-2-1-3-5-15/h1-5H2,(H,14,18)(H3,11,12,13). The zero-order chi connectivity index (χ0) is 12.7. The molecule has 0 spiro atoms. The van der Waals surface area contributed by atoms with Crippen LogP contribution in [0.1, 0.15) is 19.3 Å². The van der Waals surface area contributed by atoms with Gasteiger partial charge in [0.2, 0.25) is 0 Å². The molecular formula is C10H14N6O2. The van der Waals surface area contributed by atoms with E-state index in [0.29, 0.717) is 13.1 Å². The molecule has 0 saturated carbocycles. The van der Waals surface area contributed by atoms with Crippen LogP contribution in [0.3, 0.4) is 0 Å². The number of H-pyrrole nitrogens is 2. The van der Waals surface area contributed by atoms with E-state index in [0.717, 1.165) is 23.9 Å². The van der Waals surface area contributed by atoms with Crippen LogP contribution in [0.25, 0.3) is 11.2 Å². The Balaban J connectivity index is 2.22. The molecule has 3 heterocycles. The maximum absolute atomic E-state index is 12.2. The molecule has 0 unspecified atom stereocenters. The molecule has 1 aliphatic rings. The van der Waals surface area contributed by atoms with Crippen molar-refractivity contribution < 1.29 is 0 Å². The predicted molar refractivity (Wildman–Crippen MR) is 67.2 cm³/mol. The SMILES string of the molecule is Nc1nc2[nH]c(=O)n(N3CCCCC3)c(=O)c2[nH]1. The lowest BCUT2D eigenvalue weighted by Crippen LogP contribution is -2.52. The van der Waals surface area contributed by atoms with Crippen molar-refractivity contribution in [3.63, 3.8) is 0 Å². The number of imidazole rings is 1. The molecule has 0 atom stereocenters. The topological polar surface area (TPSA) is 113 Å². The molecule has 1 fully saturated rings. The Morgan fingerprint density at radius 3 is 2.56 bits per heavy atom. The van der Waals surface area contributed by atoms with E-state index in [9.17, 15) is 9.59 Å². The van der Waals surface area contributed by atoms with E-state index in [-0.39, 0.29) is 17.1 Å². The minimum absolute atomic E-state index is 0.120. The van der Waals surface area contributed by atoms with E-state index >= 15 is 0 Å². The number of anilines is 1. The Kier molecular flexibility index (Phi) is 2.35. The van der Waals surface area contributed by atoms with Gasteiger partial charge in [-0.05, 0) is 19.3 Å². The fourth-order valence-corrected chi connectivity index (χ4v) is 2.32. The summed E-state index contributed by atoms with van der Waals surface area (Å²) in [6, 6.07) is 0. The van der Waals surface area contributed by atoms with Gasteiger partial charge >= 0.3 is 11.2 Å². The van der Waals surface area contributed by atoms with E-state index in [1.54, 1.807) is 5.01 Å². The van der Waals surface area contributed by atoms with E-state index in [1.807, 2.05) is 0 Å². The highest BCUT2D eigenvalue weighted by Crippen LogP contribution is 2.07. The van der Waals surface area contributed by atoms with Gasteiger partial charge in [0, 0.05) is 13.1 Å². The molecule has 96 valence electrons. The van der Waals surface area contributed by atoms with Crippen LogP contribution in [0.4, 0.5) is 5.95 Å². The van der Waals surface area contributed by atoms with Crippen molar-refractivity contribution in [3.8, 4) is 0 Å². The largest absolute Gasteiger partial charge is 0.369 e. The van der Waals surface area contributed by atoms with E-state index < -0.39 is 11.2 Å². The summed E-state index contributed by atoms with van der Waals surface area (Å²) in [5.74, 6) is 0.120. The zero-order valence-electron chi connectivity index (χ0n) is 9.77. The summed E-state index contributed by atoms with van der Waals surface area (Å²) in [5, 5.41) is 1.77. The van der Waals surface area contributed by atoms with Gasteiger partial charge in [-0.2, -0.15) is 9.66 Å². The summed E-state index contributed by atoms with van der Waals surface area (Å²) in [6.45, 7) is 1.41. The number of aromatic amines is 2. The van der Waals surface area contributed by atoms with Crippen LogP contribution < -0.4 is 22.0 Å². The fourth-order valence-electron chi connectivity index (χ4n) is 2.32. The van der Waals surface area contributed by atoms with Crippen LogP contribution in [-0.4, -0.2) is 32.7 Å². The van der Waals surface area contributed by atoms with Crippen molar-refractivity contribution in [2.45, 2.75) is 19.3 Å². The van der Waals surface area contributed by atoms with Gasteiger partial charge in [0.05, 0.1) is 0 Å². The van der Waals surface area contributed by atoms with Crippen LogP contribution >= 0.6 is 0 Å². The molecule has 0 aliphatic carbocycles. The molecule has 1 aliphatic heterocycles. The quantitative estimate of drug-likeness (QED) is 0.608. The van der Waals surface area contributed by atoms with E-state index in [1.165, 1.54) is 0 Å². The monoisotopic (exact) mass is 250 g/mol. The van der Waals surface area contributed by atoms with E-state index in [4.69, 9.17) is 5.73 Å². The van der Waals surface area contributed by atoms with Gasteiger partial charge in [-0.3, -0.25) is 9.78 Å². The van der Waals surface area contributed by atoms with Crippen molar-refractivity contribution in [2.75, 3.05) is 23.8 Å². The van der Waals surface area contributed by atoms with E-state index in [2.05, 4.69) is 15.0 Å². The van der Waals surface area contributed by atoms with Gasteiger partial charge in [-0.15, -0.1) is 0 Å². The molecule has 3 rings (SSSR count). The number of nitrogen functional groups attached to an aromatic ring is 1. The van der Waals surface area contributed by atoms with Crippen molar-refractivity contribution in [1.82, 2.24) is 19.6 Å². The third-order valence-corrected chi connectivity index (χ3v) is 3.16. The highest BCUT2D eigenvalue weighted by Gasteiger charge is 2.18. The molecule has 2 aromatic rings. The van der Waals surface area contributed by atoms with Gasteiger partial charge in [-0.25, -0.2) is 4.79 Å². The lowest BCUT2D eigenvalue weighted by molar-refractivity contribution is 0.458. The maximum atomic E-state index is 12.2. The van der Waals surface area contributed by atoms with Crippen molar-refractivity contribution in [2.24, 2.45) is 0 Å². The first-order valence-corrected chi connectivity index (χ1v) is 5.92. The second-order valence-electron chi connectivity index (χ2n) is 4.41. The van der Waals surface area contributed by atoms with Crippen molar-refractivity contribution in [1.29, 1.82) is 0 Å². The Hall–Kier alpha value is -2.25. The Bertz CT molecular complexity index is 690. The van der Waals surface area contributed by atoms with Gasteiger partial charge in [0.15, 0.2) is 17.1 Å². The molecule has 0 bridgehead atoms. The smallest absolute Gasteiger partial charge is 0.349 e. The van der Waals surface area contributed by atoms with Crippen LogP contribution in [0.2, 0.25) is 0 Å². The number of hydrogen-bond acceptors (Lipinski definition) is 5. The lowest BCUT2D eigenvalue weighted by Gasteiger charge is -2.28. The zero-order valence-corrected chi connectivity index (χ0v) is 9.77. The minimum atomic E-state index is -0.471. The summed E-state index contributed by atoms with van der Waals surface area (Å²) >= 11 is 0. The van der Waals surface area contributed by atoms with Crippen LogP contribution in [-0.2, 0) is 0 Å². The number of nitrogens with two attached hydrogens (primary N) is 1. The Morgan fingerprint density at radius 2 is 1.83 bits per heavy atom. The first kappa shape index (κ1) is 10.9. The number of rotatable bonds is 1. The van der Waals surface area contributed by atoms with Gasteiger partial charge in [0.25, 0.3) is 0 Å². The molecule has 4 N–H and O–H groups in total. The molecule has 1 saturated heterocycles. The maximum Gasteiger partial charge on any atom is 0.349 e. The molecular weight excluding hydrogens is 236 g/mol. The summed E-state index contributed by atoms with van der Waals surface area (Å²) in [7, 11) is 0. The molecule has 8 heteroatoms. The summed E-state index contributed by atoms with van der Waals surface area (Å²) in [6.07, 6.45) is 3.09. The minimum Gasteiger partial charge on any atom is -0.369 e. The third kappa shape index (κ3) is 1.57. The highest BCUT2D eigenvalue weighted by molar-refractivity contribution is 5.71. The first-order valence-electron chi connectivity index (χ1n) is 5.92. The molecule has 0 amide bonds. The van der Waals surface area contributed by atoms with Crippen LogP contribution in [0.15, 0.2) is 9.59 Å². The van der Waals surface area contributed by atoms with Crippen LogP contribution in [0, 0.1) is 0 Å². The lowest BCUT2D eigenvalue weighted by atomic mass is 10.2. The highest BCUT2D eigenvalue weighted by atomic mass is 16.2. The molecule has 18 heavy (non-hydrogen) atoms. The van der Waals surface area contributed by atoms with Crippen LogP contribution in [0.5, 0.6) is 0 Å². The summed E-state index contributed by atoms with van der Waals surface area (Å²) in [5.41, 5.74) is 5.05. The number of fused-ring (bicyclic) bond motifs is 1. The Morgan fingerprint density at radius 1 is 1.11 bits per heavy atom. The number of aromatic nitrogens is 4. The molecule has 2 aromatic heterocycles. The number of piperidine rings is 1. The molecule has 0 aromatic carbocycles. The second kappa shape index (κ2) is 3.90. The van der Waals surface area contributed by atoms with Gasteiger partial charge in [0.1, 0.15) is 0 Å². The van der Waals surface area contributed by atoms with Crippen molar-refractivity contribution in [3.05, 3.63) is 20.8 Å².